The average Bonchev–Trinajstić information content (AvgIpc) is 2.80. The van der Waals surface area contributed by atoms with Crippen LogP contribution in [0.3, 0.4) is 0 Å². The number of nitrogens with zero attached hydrogens (tertiary/aromatic N) is 3. The lowest BCUT2D eigenvalue weighted by Gasteiger charge is -2.13. The van der Waals surface area contributed by atoms with Crippen LogP contribution in [-0.4, -0.2) is 26.0 Å². The first-order valence-electron chi connectivity index (χ1n) is 5.09. The number of aromatic carboxylic acids is 1. The minimum Gasteiger partial charge on any atom is -0.476 e. The molecule has 0 aromatic carbocycles. The van der Waals surface area contributed by atoms with Crippen LogP contribution in [0.4, 0.5) is 5.69 Å². The molecule has 0 saturated carbocycles. The molecule has 0 fully saturated rings. The summed E-state index contributed by atoms with van der Waals surface area (Å²) in [5.41, 5.74) is 2.94. The molecule has 1 aliphatic heterocycles. The van der Waals surface area contributed by atoms with Crippen LogP contribution in [0.1, 0.15) is 21.9 Å². The predicted molar refractivity (Wildman–Crippen MR) is 57.7 cm³/mol. The van der Waals surface area contributed by atoms with E-state index < -0.39 is 5.97 Å². The molecule has 0 radical (unpaired) electrons. The Balaban J connectivity index is 2.27. The van der Waals surface area contributed by atoms with Crippen LogP contribution in [0.15, 0.2) is 4.52 Å². The number of carbonyl (C=O) groups is 1. The highest BCUT2D eigenvalue weighted by atomic mass is 16.5. The van der Waals surface area contributed by atoms with Crippen molar-refractivity contribution in [1.29, 1.82) is 0 Å². The van der Waals surface area contributed by atoms with E-state index in [1.807, 2.05) is 14.0 Å². The highest BCUT2D eigenvalue weighted by Gasteiger charge is 2.31. The van der Waals surface area contributed by atoms with Crippen molar-refractivity contribution in [2.45, 2.75) is 13.5 Å². The van der Waals surface area contributed by atoms with Gasteiger partial charge in [0.25, 0.3) is 0 Å². The number of hydrogen-bond acceptors (Lipinski definition) is 5. The molecule has 0 amide bonds. The van der Waals surface area contributed by atoms with Crippen molar-refractivity contribution in [3.8, 4) is 11.3 Å². The third kappa shape index (κ3) is 1.19. The van der Waals surface area contributed by atoms with Gasteiger partial charge in [-0.25, -0.2) is 4.79 Å². The van der Waals surface area contributed by atoms with Gasteiger partial charge in [-0.3, -0.25) is 4.68 Å². The molecule has 0 bridgehead atoms. The van der Waals surface area contributed by atoms with E-state index >= 15 is 0 Å². The molecule has 0 atom stereocenters. The van der Waals surface area contributed by atoms with Gasteiger partial charge in [0.1, 0.15) is 5.69 Å². The van der Waals surface area contributed by atoms with Crippen molar-refractivity contribution in [2.24, 2.45) is 7.05 Å². The summed E-state index contributed by atoms with van der Waals surface area (Å²) in [4.78, 5) is 11.0. The molecule has 2 aromatic heterocycles. The minimum absolute atomic E-state index is 0.0890. The number of fused-ring (bicyclic) bond motifs is 3. The van der Waals surface area contributed by atoms with E-state index in [9.17, 15) is 4.79 Å². The van der Waals surface area contributed by atoms with Gasteiger partial charge in [0.2, 0.25) is 5.69 Å². The van der Waals surface area contributed by atoms with Crippen molar-refractivity contribution in [3.63, 3.8) is 0 Å². The van der Waals surface area contributed by atoms with Gasteiger partial charge in [-0.05, 0) is 6.92 Å². The van der Waals surface area contributed by atoms with Crippen LogP contribution in [-0.2, 0) is 13.6 Å². The van der Waals surface area contributed by atoms with E-state index in [4.69, 9.17) is 9.63 Å². The molecule has 0 aliphatic carbocycles. The summed E-state index contributed by atoms with van der Waals surface area (Å²) >= 11 is 0. The number of aryl methyl sites for hydroxylation is 2. The van der Waals surface area contributed by atoms with Crippen molar-refractivity contribution in [3.05, 3.63) is 17.1 Å². The molecule has 1 aliphatic rings. The third-order valence-electron chi connectivity index (χ3n) is 2.90. The summed E-state index contributed by atoms with van der Waals surface area (Å²) in [5.74, 6) is -0.651. The summed E-state index contributed by atoms with van der Waals surface area (Å²) in [6.45, 7) is 2.37. The van der Waals surface area contributed by atoms with Crippen LogP contribution < -0.4 is 5.32 Å². The Labute approximate surface area is 96.0 Å². The standard InChI is InChI=1S/C10H10N4O3/c1-4-6-5(14(2)12-4)3-11-7-8(10(15)16)13-17-9(6)7/h11H,3H2,1-2H3,(H,15,16). The van der Waals surface area contributed by atoms with E-state index in [0.29, 0.717) is 18.0 Å². The molecule has 7 heteroatoms. The SMILES string of the molecule is Cc1nn(C)c2c1-c1onc(C(=O)O)c1NC2. The first-order chi connectivity index (χ1) is 8.09. The second-order valence-electron chi connectivity index (χ2n) is 3.92. The molecule has 7 nitrogen and oxygen atoms in total. The van der Waals surface area contributed by atoms with Gasteiger partial charge in [-0.15, -0.1) is 0 Å². The fourth-order valence-corrected chi connectivity index (χ4v) is 2.15. The maximum Gasteiger partial charge on any atom is 0.360 e. The normalized spacial score (nSPS) is 12.8. The van der Waals surface area contributed by atoms with Crippen molar-refractivity contribution in [1.82, 2.24) is 14.9 Å². The lowest BCUT2D eigenvalue weighted by atomic mass is 10.0. The second kappa shape index (κ2) is 3.09. The number of nitrogens with one attached hydrogen (secondary N) is 1. The monoisotopic (exact) mass is 234 g/mol. The Kier molecular flexibility index (Phi) is 1.80. The van der Waals surface area contributed by atoms with Gasteiger partial charge in [-0.1, -0.05) is 5.16 Å². The topological polar surface area (TPSA) is 93.2 Å². The number of anilines is 1. The molecule has 3 heterocycles. The summed E-state index contributed by atoms with van der Waals surface area (Å²) in [6.07, 6.45) is 0. The van der Waals surface area contributed by atoms with E-state index in [1.54, 1.807) is 4.68 Å². The number of carboxylic acid groups (broad SMARTS) is 1. The van der Waals surface area contributed by atoms with Gasteiger partial charge < -0.3 is 14.9 Å². The van der Waals surface area contributed by atoms with Crippen LogP contribution in [0, 0.1) is 6.92 Å². The first kappa shape index (κ1) is 9.88. The van der Waals surface area contributed by atoms with Crippen LogP contribution in [0.5, 0.6) is 0 Å². The Hall–Kier alpha value is -2.31. The molecule has 88 valence electrons. The second-order valence-corrected chi connectivity index (χ2v) is 3.92. The summed E-state index contributed by atoms with van der Waals surface area (Å²) in [7, 11) is 1.84. The largest absolute Gasteiger partial charge is 0.476 e. The molecule has 0 unspecified atom stereocenters. The number of aromatic nitrogens is 3. The number of hydrogen-bond donors (Lipinski definition) is 2. The zero-order valence-corrected chi connectivity index (χ0v) is 9.31. The van der Waals surface area contributed by atoms with E-state index in [2.05, 4.69) is 15.6 Å². The predicted octanol–water partition coefficient (Wildman–Crippen LogP) is 1.01. The zero-order valence-electron chi connectivity index (χ0n) is 9.31. The average molecular weight is 234 g/mol. The maximum atomic E-state index is 11.0. The van der Waals surface area contributed by atoms with Crippen LogP contribution in [0.2, 0.25) is 0 Å². The number of rotatable bonds is 1. The first-order valence-corrected chi connectivity index (χ1v) is 5.09. The summed E-state index contributed by atoms with van der Waals surface area (Å²) in [5, 5.41) is 19.8. The lowest BCUT2D eigenvalue weighted by Crippen LogP contribution is -2.13. The van der Waals surface area contributed by atoms with Gasteiger partial charge in [0, 0.05) is 7.05 Å². The highest BCUT2D eigenvalue weighted by molar-refractivity contribution is 5.97. The van der Waals surface area contributed by atoms with Gasteiger partial charge >= 0.3 is 5.97 Å². The minimum atomic E-state index is -1.10. The molecule has 17 heavy (non-hydrogen) atoms. The van der Waals surface area contributed by atoms with Gasteiger partial charge in [0.05, 0.1) is 23.5 Å². The molecular weight excluding hydrogens is 224 g/mol. The third-order valence-corrected chi connectivity index (χ3v) is 2.90. The van der Waals surface area contributed by atoms with Crippen molar-refractivity contribution < 1.29 is 14.4 Å². The van der Waals surface area contributed by atoms with E-state index in [-0.39, 0.29) is 5.69 Å². The molecule has 0 spiro atoms. The van der Waals surface area contributed by atoms with Crippen LogP contribution in [0.25, 0.3) is 11.3 Å². The van der Waals surface area contributed by atoms with Crippen molar-refractivity contribution >= 4 is 11.7 Å². The Bertz CT molecular complexity index is 626. The van der Waals surface area contributed by atoms with E-state index in [1.165, 1.54) is 0 Å². The molecule has 3 rings (SSSR count). The Morgan fingerprint density at radius 2 is 2.35 bits per heavy atom. The fourth-order valence-electron chi connectivity index (χ4n) is 2.15. The smallest absolute Gasteiger partial charge is 0.360 e. The van der Waals surface area contributed by atoms with Gasteiger partial charge in [0.15, 0.2) is 5.76 Å². The Morgan fingerprint density at radius 1 is 1.59 bits per heavy atom. The summed E-state index contributed by atoms with van der Waals surface area (Å²) in [6, 6.07) is 0. The quantitative estimate of drug-likeness (QED) is 0.764. The van der Waals surface area contributed by atoms with Gasteiger partial charge in [-0.2, -0.15) is 5.10 Å². The molecule has 2 aromatic rings. The van der Waals surface area contributed by atoms with Crippen LogP contribution >= 0.6 is 0 Å². The number of carboxylic acids is 1. The maximum absolute atomic E-state index is 11.0. The summed E-state index contributed by atoms with van der Waals surface area (Å²) < 4.78 is 6.88. The molecule has 0 saturated heterocycles. The Morgan fingerprint density at radius 3 is 3.06 bits per heavy atom. The fraction of sp³-hybridized carbons (Fsp3) is 0.300. The molecular formula is C10H10N4O3. The molecule has 2 N–H and O–H groups in total. The lowest BCUT2D eigenvalue weighted by molar-refractivity contribution is 0.0687. The zero-order chi connectivity index (χ0) is 12.2. The van der Waals surface area contributed by atoms with Crippen molar-refractivity contribution in [2.75, 3.05) is 5.32 Å². The van der Waals surface area contributed by atoms with E-state index in [0.717, 1.165) is 17.0 Å². The highest BCUT2D eigenvalue weighted by Crippen LogP contribution is 2.39.